The molecule has 2 aromatic heterocycles. The summed E-state index contributed by atoms with van der Waals surface area (Å²) in [6.07, 6.45) is -4.86. The number of nitrogens with two attached hydrogens (primary N) is 1. The van der Waals surface area contributed by atoms with Gasteiger partial charge in [-0.2, -0.15) is 13.2 Å². The molecule has 1 spiro atoms. The zero-order chi connectivity index (χ0) is 32.1. The number of H-pyrrole nitrogens is 1. The van der Waals surface area contributed by atoms with Crippen LogP contribution in [0.3, 0.4) is 0 Å². The molecule has 3 atom stereocenters. The van der Waals surface area contributed by atoms with E-state index >= 15 is 0 Å². The minimum atomic E-state index is -5.35. The van der Waals surface area contributed by atoms with Crippen LogP contribution < -0.4 is 25.3 Å². The predicted molar refractivity (Wildman–Crippen MR) is 150 cm³/mol. The Morgan fingerprint density at radius 1 is 1.13 bits per heavy atom. The molecule has 2 amide bonds. The standard InChI is InChI=1S/C31H26F4N4O6/c1-43-16-9-19-17(21(10-16)44-2)11-20(38-19)25(40)37-13-29(42,31(33,34)35)22-12-18-24(23(39-22)14-3-5-15(32)6-4-14)45-26-28(7-8-28)30(18,26)27(36)41/h3-6,9-12,26,38,42H,7-8,13H2,1-2H3,(H2,36,41)(H,37,40)/t26?,29-,30-/m0/s1. The lowest BCUT2D eigenvalue weighted by molar-refractivity contribution is -0.265. The predicted octanol–water partition coefficient (Wildman–Crippen LogP) is 3.84. The quantitative estimate of drug-likeness (QED) is 0.217. The molecule has 4 aromatic rings. The van der Waals surface area contributed by atoms with Crippen molar-refractivity contribution >= 4 is 22.7 Å². The fraction of sp³-hybridized carbons (Fsp3) is 0.323. The molecule has 2 aromatic carbocycles. The van der Waals surface area contributed by atoms with Crippen molar-refractivity contribution in [3.8, 4) is 28.5 Å². The monoisotopic (exact) mass is 626 g/mol. The molecule has 0 bridgehead atoms. The van der Waals surface area contributed by atoms with Gasteiger partial charge in [-0.1, -0.05) is 0 Å². The van der Waals surface area contributed by atoms with E-state index in [1.165, 1.54) is 32.4 Å². The number of pyridine rings is 1. The fourth-order valence-corrected chi connectivity index (χ4v) is 6.77. The van der Waals surface area contributed by atoms with E-state index in [0.717, 1.165) is 18.2 Å². The van der Waals surface area contributed by atoms with Crippen LogP contribution in [0.4, 0.5) is 17.6 Å². The van der Waals surface area contributed by atoms with E-state index in [1.807, 2.05) is 0 Å². The zero-order valence-corrected chi connectivity index (χ0v) is 23.8. The Morgan fingerprint density at radius 3 is 2.44 bits per heavy atom. The third-order valence-electron chi connectivity index (χ3n) is 9.30. The van der Waals surface area contributed by atoms with Crippen LogP contribution in [0.5, 0.6) is 17.2 Å². The summed E-state index contributed by atoms with van der Waals surface area (Å²) in [6.45, 7) is -1.33. The minimum absolute atomic E-state index is 0.0442. The third kappa shape index (κ3) is 3.87. The van der Waals surface area contributed by atoms with Gasteiger partial charge in [-0.05, 0) is 49.2 Å². The highest BCUT2D eigenvalue weighted by Gasteiger charge is 2.91. The van der Waals surface area contributed by atoms with Crippen LogP contribution in [0.1, 0.15) is 34.6 Å². The number of rotatable bonds is 8. The van der Waals surface area contributed by atoms with Crippen molar-refractivity contribution in [3.05, 3.63) is 71.3 Å². The summed E-state index contributed by atoms with van der Waals surface area (Å²) in [6, 6.07) is 10.3. The molecule has 7 rings (SSSR count). The number of hydrogen-bond acceptors (Lipinski definition) is 7. The lowest BCUT2D eigenvalue weighted by Gasteiger charge is -2.31. The molecule has 45 heavy (non-hydrogen) atoms. The number of nitrogens with zero attached hydrogens (tertiary/aromatic N) is 1. The van der Waals surface area contributed by atoms with Crippen LogP contribution in [0, 0.1) is 11.2 Å². The van der Waals surface area contributed by atoms with Gasteiger partial charge in [-0.15, -0.1) is 0 Å². The van der Waals surface area contributed by atoms with Crippen molar-refractivity contribution in [3.63, 3.8) is 0 Å². The van der Waals surface area contributed by atoms with Gasteiger partial charge in [0, 0.05) is 34.1 Å². The molecular weight excluding hydrogens is 600 g/mol. The van der Waals surface area contributed by atoms with Gasteiger partial charge in [-0.25, -0.2) is 9.37 Å². The van der Waals surface area contributed by atoms with Gasteiger partial charge < -0.3 is 35.4 Å². The van der Waals surface area contributed by atoms with Crippen LogP contribution in [-0.2, 0) is 15.8 Å². The van der Waals surface area contributed by atoms with Crippen LogP contribution in [-0.4, -0.2) is 59.9 Å². The van der Waals surface area contributed by atoms with Crippen molar-refractivity contribution in [2.24, 2.45) is 11.1 Å². The van der Waals surface area contributed by atoms with Crippen molar-refractivity contribution in [2.75, 3.05) is 20.8 Å². The second kappa shape index (κ2) is 9.33. The van der Waals surface area contributed by atoms with E-state index in [-0.39, 0.29) is 28.3 Å². The lowest BCUT2D eigenvalue weighted by atomic mass is 9.86. The Kier molecular flexibility index (Phi) is 5.99. The van der Waals surface area contributed by atoms with Crippen molar-refractivity contribution in [1.29, 1.82) is 0 Å². The first-order chi connectivity index (χ1) is 21.3. The molecule has 3 heterocycles. The number of nitrogens with one attached hydrogen (secondary N) is 2. The minimum Gasteiger partial charge on any atom is -0.497 e. The number of amides is 2. The number of ether oxygens (including phenoxy) is 3. The molecule has 2 saturated carbocycles. The summed E-state index contributed by atoms with van der Waals surface area (Å²) in [5, 5.41) is 14.0. The first-order valence-electron chi connectivity index (χ1n) is 13.9. The van der Waals surface area contributed by atoms with Gasteiger partial charge >= 0.3 is 6.18 Å². The first-order valence-corrected chi connectivity index (χ1v) is 13.9. The van der Waals surface area contributed by atoms with Gasteiger partial charge in [0.15, 0.2) is 5.75 Å². The number of carbonyl (C=O) groups excluding carboxylic acids is 2. The molecule has 0 saturated heterocycles. The van der Waals surface area contributed by atoms with E-state index in [0.29, 0.717) is 35.2 Å². The zero-order valence-electron chi connectivity index (χ0n) is 23.8. The maximum absolute atomic E-state index is 14.8. The summed E-state index contributed by atoms with van der Waals surface area (Å²) < 4.78 is 74.8. The third-order valence-corrected chi connectivity index (χ3v) is 9.30. The van der Waals surface area contributed by atoms with E-state index in [4.69, 9.17) is 19.9 Å². The summed E-state index contributed by atoms with van der Waals surface area (Å²) in [5.41, 5.74) is -0.327. The van der Waals surface area contributed by atoms with Crippen LogP contribution in [0.2, 0.25) is 0 Å². The maximum atomic E-state index is 14.8. The number of alkyl halides is 3. The van der Waals surface area contributed by atoms with Crippen LogP contribution in [0.15, 0.2) is 48.5 Å². The van der Waals surface area contributed by atoms with Crippen molar-refractivity contribution < 1.29 is 46.5 Å². The SMILES string of the molecule is COc1cc(OC)c2cc(C(=O)NC[C@](O)(c3cc4c(c(-c5ccc(F)cc5)n3)OC3C5(CC5)[C@@]43C(N)=O)C(F)(F)F)[nH]c2c1. The number of methoxy groups -OCH3 is 2. The highest BCUT2D eigenvalue weighted by atomic mass is 19.4. The lowest BCUT2D eigenvalue weighted by Crippen LogP contribution is -2.51. The fourth-order valence-electron chi connectivity index (χ4n) is 6.77. The number of halogens is 4. The molecule has 5 N–H and O–H groups in total. The number of aromatic amines is 1. The van der Waals surface area contributed by atoms with E-state index < -0.39 is 58.6 Å². The van der Waals surface area contributed by atoms with Gasteiger partial charge in [0.25, 0.3) is 5.91 Å². The first kappa shape index (κ1) is 28.9. The topological polar surface area (TPSA) is 149 Å². The molecule has 1 unspecified atom stereocenters. The number of benzene rings is 2. The largest absolute Gasteiger partial charge is 0.497 e. The number of aromatic nitrogens is 2. The highest BCUT2D eigenvalue weighted by Crippen LogP contribution is 2.83. The molecule has 234 valence electrons. The normalized spacial score (nSPS) is 21.8. The second-order valence-electron chi connectivity index (χ2n) is 11.6. The molecule has 14 heteroatoms. The molecule has 2 fully saturated rings. The number of aliphatic hydroxyl groups is 1. The average molecular weight is 627 g/mol. The van der Waals surface area contributed by atoms with Gasteiger partial charge in [0.2, 0.25) is 11.5 Å². The summed E-state index contributed by atoms with van der Waals surface area (Å²) in [7, 11) is 2.85. The highest BCUT2D eigenvalue weighted by molar-refractivity contribution is 6.00. The van der Waals surface area contributed by atoms with Crippen molar-refractivity contribution in [1.82, 2.24) is 15.3 Å². The summed E-state index contributed by atoms with van der Waals surface area (Å²) in [4.78, 5) is 33.0. The number of carbonyl (C=O) groups is 2. The Labute approximate surface area is 252 Å². The van der Waals surface area contributed by atoms with E-state index in [2.05, 4.69) is 15.3 Å². The van der Waals surface area contributed by atoms with Gasteiger partial charge in [0.1, 0.15) is 40.2 Å². The summed E-state index contributed by atoms with van der Waals surface area (Å²) >= 11 is 0. The molecule has 1 aliphatic heterocycles. The Morgan fingerprint density at radius 2 is 1.84 bits per heavy atom. The van der Waals surface area contributed by atoms with E-state index in [9.17, 15) is 32.3 Å². The number of fused-ring (bicyclic) bond motifs is 6. The number of hydrogen-bond donors (Lipinski definition) is 4. The second-order valence-corrected chi connectivity index (χ2v) is 11.6. The molecule has 10 nitrogen and oxygen atoms in total. The molecule has 2 aliphatic carbocycles. The Hall–Kier alpha value is -4.85. The Bertz CT molecular complexity index is 1900. The average Bonchev–Trinajstić information content (AvgIpc) is 3.77. The molecule has 3 aliphatic rings. The number of primary amides is 1. The van der Waals surface area contributed by atoms with Crippen LogP contribution >= 0.6 is 0 Å². The summed E-state index contributed by atoms with van der Waals surface area (Å²) in [5.74, 6) is -1.49. The smallest absolute Gasteiger partial charge is 0.424 e. The van der Waals surface area contributed by atoms with E-state index in [1.54, 1.807) is 12.1 Å². The van der Waals surface area contributed by atoms with Crippen LogP contribution in [0.25, 0.3) is 22.2 Å². The molecule has 0 radical (unpaired) electrons. The van der Waals surface area contributed by atoms with Crippen molar-refractivity contribution in [2.45, 2.75) is 36.1 Å². The van der Waals surface area contributed by atoms with Gasteiger partial charge in [-0.3, -0.25) is 9.59 Å². The molecular formula is C31H26F4N4O6. The maximum Gasteiger partial charge on any atom is 0.424 e. The van der Waals surface area contributed by atoms with Gasteiger partial charge in [0.05, 0.1) is 32.0 Å². The Balaban J connectivity index is 1.30.